The molecule has 0 amide bonds. The van der Waals surface area contributed by atoms with E-state index in [-0.39, 0.29) is 28.8 Å². The Kier molecular flexibility index (Phi) is 5.56. The maximum Gasteiger partial charge on any atom is 0.359 e. The fourth-order valence-electron chi connectivity index (χ4n) is 2.71. The van der Waals surface area contributed by atoms with Gasteiger partial charge in [0.1, 0.15) is 12.4 Å². The molecular weight excluding hydrogens is 371 g/mol. The van der Waals surface area contributed by atoms with Gasteiger partial charge in [-0.1, -0.05) is 49.7 Å². The highest BCUT2D eigenvalue weighted by Crippen LogP contribution is 2.20. The standard InChI is InChI=1S/C20H18ClFN2O3/c1-12(2)10-24-19(25)16-6-4-3-5-15(16)18(23-24)20(26)27-11-13-7-8-14(22)9-17(13)21/h3-9,12H,10-11H2,1-2H3. The molecule has 0 spiro atoms. The lowest BCUT2D eigenvalue weighted by atomic mass is 10.1. The summed E-state index contributed by atoms with van der Waals surface area (Å²) in [5.74, 6) is -0.967. The van der Waals surface area contributed by atoms with Gasteiger partial charge in [0.05, 0.1) is 10.4 Å². The summed E-state index contributed by atoms with van der Waals surface area (Å²) in [4.78, 5) is 25.2. The molecule has 0 bridgehead atoms. The van der Waals surface area contributed by atoms with Gasteiger partial charge in [0.15, 0.2) is 5.69 Å². The van der Waals surface area contributed by atoms with Crippen molar-refractivity contribution in [3.63, 3.8) is 0 Å². The Labute approximate surface area is 160 Å². The Morgan fingerprint density at radius 3 is 2.59 bits per heavy atom. The molecule has 140 valence electrons. The van der Waals surface area contributed by atoms with Gasteiger partial charge in [0.25, 0.3) is 5.56 Å². The number of halogens is 2. The Morgan fingerprint density at radius 1 is 1.22 bits per heavy atom. The van der Waals surface area contributed by atoms with Crippen LogP contribution in [0.3, 0.4) is 0 Å². The lowest BCUT2D eigenvalue weighted by Crippen LogP contribution is -2.28. The summed E-state index contributed by atoms with van der Waals surface area (Å²) in [6, 6.07) is 10.6. The average molecular weight is 389 g/mol. The number of ether oxygens (including phenoxy) is 1. The SMILES string of the molecule is CC(C)Cn1nc(C(=O)OCc2ccc(F)cc2Cl)c2ccccc2c1=O. The average Bonchev–Trinajstić information content (AvgIpc) is 2.63. The van der Waals surface area contributed by atoms with E-state index in [1.54, 1.807) is 24.3 Å². The largest absolute Gasteiger partial charge is 0.456 e. The van der Waals surface area contributed by atoms with Crippen LogP contribution < -0.4 is 5.56 Å². The number of carbonyl (C=O) groups excluding carboxylic acids is 1. The van der Waals surface area contributed by atoms with Crippen molar-refractivity contribution in [3.8, 4) is 0 Å². The van der Waals surface area contributed by atoms with E-state index in [0.717, 1.165) is 6.07 Å². The highest BCUT2D eigenvalue weighted by molar-refractivity contribution is 6.31. The molecule has 3 aromatic rings. The molecule has 27 heavy (non-hydrogen) atoms. The van der Waals surface area contributed by atoms with E-state index < -0.39 is 11.8 Å². The second-order valence-corrected chi connectivity index (χ2v) is 6.99. The van der Waals surface area contributed by atoms with Gasteiger partial charge in [-0.2, -0.15) is 5.10 Å². The molecule has 7 heteroatoms. The number of esters is 1. The summed E-state index contributed by atoms with van der Waals surface area (Å²) in [7, 11) is 0. The van der Waals surface area contributed by atoms with Crippen molar-refractivity contribution in [3.05, 3.63) is 74.9 Å². The summed E-state index contributed by atoms with van der Waals surface area (Å²) in [5, 5.41) is 5.23. The molecule has 0 radical (unpaired) electrons. The normalized spacial score (nSPS) is 11.1. The molecule has 2 aromatic carbocycles. The topological polar surface area (TPSA) is 61.2 Å². The predicted molar refractivity (Wildman–Crippen MR) is 101 cm³/mol. The highest BCUT2D eigenvalue weighted by atomic mass is 35.5. The van der Waals surface area contributed by atoms with E-state index in [2.05, 4.69) is 5.10 Å². The number of fused-ring (bicyclic) bond motifs is 1. The van der Waals surface area contributed by atoms with Crippen molar-refractivity contribution in [2.75, 3.05) is 0 Å². The summed E-state index contributed by atoms with van der Waals surface area (Å²) < 4.78 is 19.7. The molecule has 3 rings (SSSR count). The first-order valence-electron chi connectivity index (χ1n) is 8.47. The maximum absolute atomic E-state index is 13.1. The second kappa shape index (κ2) is 7.88. The van der Waals surface area contributed by atoms with E-state index >= 15 is 0 Å². The van der Waals surface area contributed by atoms with Gasteiger partial charge in [0, 0.05) is 17.5 Å². The molecule has 0 fully saturated rings. The molecule has 0 atom stereocenters. The number of aromatic nitrogens is 2. The van der Waals surface area contributed by atoms with Crippen LogP contribution in [-0.4, -0.2) is 15.7 Å². The molecule has 0 unspecified atom stereocenters. The Bertz CT molecular complexity index is 1060. The minimum absolute atomic E-state index is 0.0593. The Balaban J connectivity index is 1.95. The first-order chi connectivity index (χ1) is 12.9. The summed E-state index contributed by atoms with van der Waals surface area (Å²) in [6.45, 7) is 4.17. The maximum atomic E-state index is 13.1. The third-order valence-corrected chi connectivity index (χ3v) is 4.32. The summed E-state index contributed by atoms with van der Waals surface area (Å²) in [6.07, 6.45) is 0. The quantitative estimate of drug-likeness (QED) is 0.614. The molecule has 0 saturated heterocycles. The van der Waals surface area contributed by atoms with Crippen LogP contribution in [0.15, 0.2) is 47.3 Å². The minimum atomic E-state index is -0.677. The first kappa shape index (κ1) is 19.0. The third kappa shape index (κ3) is 4.17. The van der Waals surface area contributed by atoms with Crippen molar-refractivity contribution >= 4 is 28.3 Å². The zero-order valence-electron chi connectivity index (χ0n) is 14.9. The van der Waals surface area contributed by atoms with Gasteiger partial charge in [-0.3, -0.25) is 4.79 Å². The minimum Gasteiger partial charge on any atom is -0.456 e. The van der Waals surface area contributed by atoms with Crippen LogP contribution >= 0.6 is 11.6 Å². The van der Waals surface area contributed by atoms with Crippen LogP contribution in [0.1, 0.15) is 29.9 Å². The van der Waals surface area contributed by atoms with Crippen molar-refractivity contribution < 1.29 is 13.9 Å². The lowest BCUT2D eigenvalue weighted by Gasteiger charge is -2.12. The number of hydrogen-bond acceptors (Lipinski definition) is 4. The van der Waals surface area contributed by atoms with E-state index in [0.29, 0.717) is 22.9 Å². The monoisotopic (exact) mass is 388 g/mol. The number of rotatable bonds is 5. The molecule has 5 nitrogen and oxygen atoms in total. The van der Waals surface area contributed by atoms with E-state index in [9.17, 15) is 14.0 Å². The van der Waals surface area contributed by atoms with Crippen LogP contribution in [0.5, 0.6) is 0 Å². The van der Waals surface area contributed by atoms with Crippen molar-refractivity contribution in [1.82, 2.24) is 9.78 Å². The predicted octanol–water partition coefficient (Wildman–Crippen LogP) is 4.20. The third-order valence-electron chi connectivity index (χ3n) is 3.97. The number of nitrogens with zero attached hydrogens (tertiary/aromatic N) is 2. The lowest BCUT2D eigenvalue weighted by molar-refractivity contribution is 0.0465. The van der Waals surface area contributed by atoms with Gasteiger partial charge in [-0.15, -0.1) is 0 Å². The first-order valence-corrected chi connectivity index (χ1v) is 8.85. The molecule has 1 heterocycles. The fraction of sp³-hybridized carbons (Fsp3) is 0.250. The van der Waals surface area contributed by atoms with Crippen LogP contribution in [0, 0.1) is 11.7 Å². The van der Waals surface area contributed by atoms with E-state index in [1.807, 2.05) is 13.8 Å². The van der Waals surface area contributed by atoms with Crippen molar-refractivity contribution in [1.29, 1.82) is 0 Å². The zero-order chi connectivity index (χ0) is 19.6. The molecule has 0 aliphatic heterocycles. The second-order valence-electron chi connectivity index (χ2n) is 6.59. The van der Waals surface area contributed by atoms with Crippen LogP contribution in [-0.2, 0) is 17.9 Å². The zero-order valence-corrected chi connectivity index (χ0v) is 15.7. The molecule has 0 aliphatic rings. The summed E-state index contributed by atoms with van der Waals surface area (Å²) in [5.41, 5.74) is 0.285. The van der Waals surface area contributed by atoms with Crippen LogP contribution in [0.4, 0.5) is 4.39 Å². The van der Waals surface area contributed by atoms with Gasteiger partial charge in [-0.25, -0.2) is 13.9 Å². The molecule has 0 aliphatic carbocycles. The summed E-state index contributed by atoms with van der Waals surface area (Å²) >= 11 is 5.96. The van der Waals surface area contributed by atoms with E-state index in [4.69, 9.17) is 16.3 Å². The van der Waals surface area contributed by atoms with Gasteiger partial charge < -0.3 is 4.74 Å². The molecule has 0 N–H and O–H groups in total. The Hall–Kier alpha value is -2.73. The molecular formula is C20H18ClFN2O3. The number of benzene rings is 2. The van der Waals surface area contributed by atoms with Gasteiger partial charge >= 0.3 is 5.97 Å². The van der Waals surface area contributed by atoms with Gasteiger partial charge in [-0.05, 0) is 24.1 Å². The van der Waals surface area contributed by atoms with Crippen LogP contribution in [0.2, 0.25) is 5.02 Å². The molecule has 0 saturated carbocycles. The fourth-order valence-corrected chi connectivity index (χ4v) is 2.93. The van der Waals surface area contributed by atoms with E-state index in [1.165, 1.54) is 16.8 Å². The van der Waals surface area contributed by atoms with Gasteiger partial charge in [0.2, 0.25) is 0 Å². The van der Waals surface area contributed by atoms with Crippen molar-refractivity contribution in [2.24, 2.45) is 5.92 Å². The number of hydrogen-bond donors (Lipinski definition) is 0. The van der Waals surface area contributed by atoms with Crippen LogP contribution in [0.25, 0.3) is 10.8 Å². The molecule has 1 aromatic heterocycles. The highest BCUT2D eigenvalue weighted by Gasteiger charge is 2.19. The van der Waals surface area contributed by atoms with Crippen molar-refractivity contribution in [2.45, 2.75) is 27.0 Å². The smallest absolute Gasteiger partial charge is 0.359 e. The Morgan fingerprint density at radius 2 is 1.93 bits per heavy atom. The number of carbonyl (C=O) groups is 1.